The van der Waals surface area contributed by atoms with Gasteiger partial charge in [0.2, 0.25) is 5.91 Å². The van der Waals surface area contributed by atoms with Crippen molar-refractivity contribution >= 4 is 27.5 Å². The van der Waals surface area contributed by atoms with E-state index in [-0.39, 0.29) is 24.0 Å². The minimum atomic E-state index is -4.61. The summed E-state index contributed by atoms with van der Waals surface area (Å²) in [7, 11) is 0. The van der Waals surface area contributed by atoms with Gasteiger partial charge >= 0.3 is 6.18 Å². The fraction of sp³-hybridized carbons (Fsp3) is 0.381. The molecule has 0 radical (unpaired) electrons. The van der Waals surface area contributed by atoms with Crippen molar-refractivity contribution in [3.63, 3.8) is 0 Å². The lowest BCUT2D eigenvalue weighted by Gasteiger charge is -2.22. The van der Waals surface area contributed by atoms with Crippen LogP contribution in [0.25, 0.3) is 10.2 Å². The van der Waals surface area contributed by atoms with E-state index < -0.39 is 18.1 Å². The number of nitrogens with zero attached hydrogens (tertiary/aromatic N) is 1. The Morgan fingerprint density at radius 2 is 1.93 bits per heavy atom. The average Bonchev–Trinajstić information content (AvgIpc) is 3.09. The molecule has 1 atom stereocenters. The van der Waals surface area contributed by atoms with Crippen molar-refractivity contribution in [3.05, 3.63) is 62.5 Å². The first kappa shape index (κ1) is 20.6. The van der Waals surface area contributed by atoms with Gasteiger partial charge in [-0.3, -0.25) is 9.59 Å². The SMILES string of the molecule is O=C(CCc1nc2sc3c(c2c(=O)[nH]1)CCCC3)NC(c1ccccc1)C(F)(F)F. The molecule has 5 nitrogen and oxygen atoms in total. The number of hydrogen-bond acceptors (Lipinski definition) is 4. The van der Waals surface area contributed by atoms with Crippen molar-refractivity contribution < 1.29 is 18.0 Å². The van der Waals surface area contributed by atoms with Gasteiger partial charge in [0.1, 0.15) is 10.7 Å². The molecule has 4 rings (SSSR count). The molecule has 1 amide bonds. The number of thiophene rings is 1. The van der Waals surface area contributed by atoms with E-state index in [4.69, 9.17) is 0 Å². The van der Waals surface area contributed by atoms with Crippen LogP contribution in [0.1, 0.15) is 47.1 Å². The number of benzene rings is 1. The molecule has 30 heavy (non-hydrogen) atoms. The molecular weight excluding hydrogens is 415 g/mol. The summed E-state index contributed by atoms with van der Waals surface area (Å²) in [4.78, 5) is 33.7. The molecule has 0 saturated heterocycles. The van der Waals surface area contributed by atoms with E-state index in [2.05, 4.69) is 15.3 Å². The molecule has 2 N–H and O–H groups in total. The fourth-order valence-corrected chi connectivity index (χ4v) is 5.07. The van der Waals surface area contributed by atoms with Crippen molar-refractivity contribution in [1.29, 1.82) is 0 Å². The van der Waals surface area contributed by atoms with Gasteiger partial charge in [-0.15, -0.1) is 11.3 Å². The molecule has 2 heterocycles. The number of halogens is 3. The molecule has 0 fully saturated rings. The second-order valence-corrected chi connectivity index (χ2v) is 8.44. The van der Waals surface area contributed by atoms with Crippen LogP contribution in [0, 0.1) is 0 Å². The Hall–Kier alpha value is -2.68. The fourth-order valence-electron chi connectivity index (χ4n) is 3.79. The molecule has 1 aromatic carbocycles. The van der Waals surface area contributed by atoms with Crippen LogP contribution in [0.4, 0.5) is 13.2 Å². The van der Waals surface area contributed by atoms with E-state index in [1.165, 1.54) is 40.5 Å². The van der Waals surface area contributed by atoms with Crippen molar-refractivity contribution in [3.8, 4) is 0 Å². The van der Waals surface area contributed by atoms with Gasteiger partial charge in [-0.05, 0) is 36.8 Å². The maximum Gasteiger partial charge on any atom is 0.412 e. The topological polar surface area (TPSA) is 74.8 Å². The Morgan fingerprint density at radius 3 is 2.67 bits per heavy atom. The van der Waals surface area contributed by atoms with Crippen LogP contribution in [-0.4, -0.2) is 22.1 Å². The lowest BCUT2D eigenvalue weighted by molar-refractivity contribution is -0.163. The highest BCUT2D eigenvalue weighted by Gasteiger charge is 2.41. The van der Waals surface area contributed by atoms with E-state index in [9.17, 15) is 22.8 Å². The number of amides is 1. The number of carbonyl (C=O) groups is 1. The molecule has 3 aromatic rings. The maximum atomic E-state index is 13.4. The first-order valence-corrected chi connectivity index (χ1v) is 10.6. The molecule has 158 valence electrons. The van der Waals surface area contributed by atoms with E-state index in [0.717, 1.165) is 31.2 Å². The third-order valence-corrected chi connectivity index (χ3v) is 6.41. The number of H-pyrrole nitrogens is 1. The lowest BCUT2D eigenvalue weighted by atomic mass is 9.97. The van der Waals surface area contributed by atoms with Crippen molar-refractivity contribution in [2.45, 2.75) is 50.7 Å². The summed E-state index contributed by atoms with van der Waals surface area (Å²) >= 11 is 1.49. The van der Waals surface area contributed by atoms with Crippen LogP contribution in [0.3, 0.4) is 0 Å². The number of fused-ring (bicyclic) bond motifs is 3. The summed E-state index contributed by atoms with van der Waals surface area (Å²) in [6.07, 6.45) is -0.836. The van der Waals surface area contributed by atoms with Gasteiger partial charge < -0.3 is 10.3 Å². The van der Waals surface area contributed by atoms with Crippen molar-refractivity contribution in [2.24, 2.45) is 0 Å². The Labute approximate surface area is 174 Å². The van der Waals surface area contributed by atoms with E-state index in [1.807, 2.05) is 0 Å². The monoisotopic (exact) mass is 435 g/mol. The van der Waals surface area contributed by atoms with Crippen LogP contribution in [-0.2, 0) is 24.1 Å². The van der Waals surface area contributed by atoms with E-state index in [1.54, 1.807) is 6.07 Å². The van der Waals surface area contributed by atoms with Gasteiger partial charge in [0.25, 0.3) is 5.56 Å². The molecule has 1 aliphatic rings. The number of nitrogens with one attached hydrogen (secondary N) is 2. The van der Waals surface area contributed by atoms with Crippen molar-refractivity contribution in [2.75, 3.05) is 0 Å². The third-order valence-electron chi connectivity index (χ3n) is 5.23. The summed E-state index contributed by atoms with van der Waals surface area (Å²) in [5, 5.41) is 2.67. The van der Waals surface area contributed by atoms with Crippen LogP contribution in [0.2, 0.25) is 0 Å². The van der Waals surface area contributed by atoms with Gasteiger partial charge in [0.05, 0.1) is 5.39 Å². The van der Waals surface area contributed by atoms with Crippen LogP contribution >= 0.6 is 11.3 Å². The Balaban J connectivity index is 1.48. The van der Waals surface area contributed by atoms with E-state index >= 15 is 0 Å². The summed E-state index contributed by atoms with van der Waals surface area (Å²) in [5.41, 5.74) is 0.790. The summed E-state index contributed by atoms with van der Waals surface area (Å²) in [5.74, 6) is -0.445. The number of carbonyl (C=O) groups excluding carboxylic acids is 1. The Morgan fingerprint density at radius 1 is 1.20 bits per heavy atom. The highest BCUT2D eigenvalue weighted by atomic mass is 32.1. The van der Waals surface area contributed by atoms with E-state index in [0.29, 0.717) is 16.0 Å². The Bertz CT molecular complexity index is 1120. The van der Waals surface area contributed by atoms with Crippen molar-refractivity contribution in [1.82, 2.24) is 15.3 Å². The van der Waals surface area contributed by atoms with Gasteiger partial charge in [-0.2, -0.15) is 13.2 Å². The van der Waals surface area contributed by atoms with Gasteiger partial charge in [0.15, 0.2) is 6.04 Å². The summed E-state index contributed by atoms with van der Waals surface area (Å²) in [6.45, 7) is 0. The second kappa shape index (κ2) is 8.22. The molecular formula is C21H20F3N3O2S. The predicted octanol–water partition coefficient (Wildman–Crippen LogP) is 4.22. The standard InChI is InChI=1S/C21H20F3N3O2S/c22-21(23,24)18(12-6-2-1-3-7-12)27-16(28)11-10-15-25-19(29)17-13-8-4-5-9-14(13)30-20(17)26-15/h1-3,6-7,18H,4-5,8-11H2,(H,27,28)(H,25,26,29). The average molecular weight is 435 g/mol. The largest absolute Gasteiger partial charge is 0.412 e. The first-order valence-electron chi connectivity index (χ1n) is 9.77. The van der Waals surface area contributed by atoms with Crippen LogP contribution < -0.4 is 10.9 Å². The highest BCUT2D eigenvalue weighted by molar-refractivity contribution is 7.18. The molecule has 0 saturated carbocycles. The molecule has 0 spiro atoms. The zero-order valence-electron chi connectivity index (χ0n) is 16.0. The number of aryl methyl sites for hydroxylation is 3. The zero-order chi connectivity index (χ0) is 21.3. The number of rotatable bonds is 5. The molecule has 0 aliphatic heterocycles. The molecule has 1 aliphatic carbocycles. The lowest BCUT2D eigenvalue weighted by Crippen LogP contribution is -2.38. The molecule has 1 unspecified atom stereocenters. The summed E-state index contributed by atoms with van der Waals surface area (Å²) in [6, 6.07) is 5.16. The minimum Gasteiger partial charge on any atom is -0.341 e. The van der Waals surface area contributed by atoms with Gasteiger partial charge in [-0.25, -0.2) is 4.98 Å². The zero-order valence-corrected chi connectivity index (χ0v) is 16.8. The molecule has 2 aromatic heterocycles. The number of aromatic amines is 1. The quantitative estimate of drug-likeness (QED) is 0.630. The Kier molecular flexibility index (Phi) is 5.64. The smallest absolute Gasteiger partial charge is 0.341 e. The van der Waals surface area contributed by atoms with Gasteiger partial charge in [0, 0.05) is 17.7 Å². The summed E-state index contributed by atoms with van der Waals surface area (Å²) < 4.78 is 40.2. The number of alkyl halides is 3. The number of aromatic nitrogens is 2. The highest BCUT2D eigenvalue weighted by Crippen LogP contribution is 2.34. The van der Waals surface area contributed by atoms with Crippen LogP contribution in [0.5, 0.6) is 0 Å². The first-order chi connectivity index (χ1) is 14.3. The predicted molar refractivity (Wildman–Crippen MR) is 109 cm³/mol. The van der Waals surface area contributed by atoms with Crippen LogP contribution in [0.15, 0.2) is 35.1 Å². The molecule has 0 bridgehead atoms. The molecule has 9 heteroatoms. The third kappa shape index (κ3) is 4.26. The minimum absolute atomic E-state index is 0.0320. The number of hydrogen-bond donors (Lipinski definition) is 2. The normalized spacial score (nSPS) is 15.0. The van der Waals surface area contributed by atoms with Gasteiger partial charge in [-0.1, -0.05) is 30.3 Å². The second-order valence-electron chi connectivity index (χ2n) is 7.36. The maximum absolute atomic E-state index is 13.4.